The molecule has 0 radical (unpaired) electrons. The Kier molecular flexibility index (Phi) is 4.10. The highest BCUT2D eigenvalue weighted by Gasteiger charge is 2.35. The average Bonchev–Trinajstić information content (AvgIpc) is 3.30. The summed E-state index contributed by atoms with van der Waals surface area (Å²) in [5, 5.41) is 0. The number of hydrogen-bond acceptors (Lipinski definition) is 3. The maximum absolute atomic E-state index is 12.4. The molecule has 5 heteroatoms. The van der Waals surface area contributed by atoms with E-state index in [0.29, 0.717) is 13.0 Å². The quantitative estimate of drug-likeness (QED) is 0.828. The normalized spacial score (nSPS) is 23.3. The van der Waals surface area contributed by atoms with Crippen LogP contribution in [-0.4, -0.2) is 52.0 Å². The van der Waals surface area contributed by atoms with Gasteiger partial charge in [-0.05, 0) is 25.8 Å². The van der Waals surface area contributed by atoms with Crippen molar-refractivity contribution in [3.63, 3.8) is 0 Å². The largest absolute Gasteiger partial charge is 0.337 e. The van der Waals surface area contributed by atoms with Crippen molar-refractivity contribution >= 4 is 5.91 Å². The topological polar surface area (TPSA) is 45.5 Å². The van der Waals surface area contributed by atoms with E-state index >= 15 is 0 Å². The van der Waals surface area contributed by atoms with E-state index in [1.165, 1.54) is 18.9 Å². The van der Waals surface area contributed by atoms with Crippen molar-refractivity contribution in [2.24, 2.45) is 0 Å². The fourth-order valence-electron chi connectivity index (χ4n) is 3.13. The molecule has 5 nitrogen and oxygen atoms in total. The summed E-state index contributed by atoms with van der Waals surface area (Å²) in [6.45, 7) is 5.39. The van der Waals surface area contributed by atoms with E-state index in [9.17, 15) is 9.59 Å². The molecule has 1 amide bonds. The second-order valence-corrected chi connectivity index (χ2v) is 6.14. The number of hydrogen-bond donors (Lipinski definition) is 0. The minimum absolute atomic E-state index is 0.0445. The summed E-state index contributed by atoms with van der Waals surface area (Å²) in [6, 6.07) is 6.12. The highest BCUT2D eigenvalue weighted by molar-refractivity contribution is 5.76. The van der Waals surface area contributed by atoms with Gasteiger partial charge in [0.05, 0.1) is 0 Å². The lowest BCUT2D eigenvalue weighted by molar-refractivity contribution is -0.136. The highest BCUT2D eigenvalue weighted by atomic mass is 16.2. The minimum atomic E-state index is -0.0445. The van der Waals surface area contributed by atoms with Gasteiger partial charge in [-0.2, -0.15) is 0 Å². The van der Waals surface area contributed by atoms with E-state index in [1.54, 1.807) is 16.8 Å². The zero-order valence-electron chi connectivity index (χ0n) is 12.6. The first-order valence-corrected chi connectivity index (χ1v) is 7.84. The lowest BCUT2D eigenvalue weighted by Crippen LogP contribution is -2.54. The Bertz CT molecular complexity index is 565. The van der Waals surface area contributed by atoms with E-state index in [4.69, 9.17) is 0 Å². The van der Waals surface area contributed by atoms with Crippen molar-refractivity contribution in [1.82, 2.24) is 14.4 Å². The van der Waals surface area contributed by atoms with Crippen LogP contribution in [-0.2, 0) is 11.3 Å². The van der Waals surface area contributed by atoms with Crippen molar-refractivity contribution in [3.05, 3.63) is 34.7 Å². The predicted molar refractivity (Wildman–Crippen MR) is 81.1 cm³/mol. The predicted octanol–water partition coefficient (Wildman–Crippen LogP) is 0.933. The van der Waals surface area contributed by atoms with E-state index in [-0.39, 0.29) is 17.5 Å². The molecule has 0 aromatic carbocycles. The van der Waals surface area contributed by atoms with Gasteiger partial charge in [0.25, 0.3) is 5.56 Å². The third kappa shape index (κ3) is 3.35. The van der Waals surface area contributed by atoms with Gasteiger partial charge in [0, 0.05) is 56.9 Å². The molecule has 114 valence electrons. The van der Waals surface area contributed by atoms with Crippen LogP contribution < -0.4 is 5.56 Å². The number of piperazine rings is 1. The fraction of sp³-hybridized carbons (Fsp3) is 0.625. The Labute approximate surface area is 125 Å². The second kappa shape index (κ2) is 6.02. The van der Waals surface area contributed by atoms with Crippen molar-refractivity contribution in [2.45, 2.75) is 44.8 Å². The molecular formula is C16H23N3O2. The summed E-state index contributed by atoms with van der Waals surface area (Å²) < 4.78 is 1.60. The molecule has 21 heavy (non-hydrogen) atoms. The van der Waals surface area contributed by atoms with E-state index in [0.717, 1.165) is 25.7 Å². The molecule has 1 saturated carbocycles. The molecule has 2 fully saturated rings. The number of rotatable bonds is 4. The lowest BCUT2D eigenvalue weighted by atomic mass is 10.1. The standard InChI is InChI=1S/C16H23N3O2/c1-13-12-18(14-5-6-14)10-11-19(13)16(21)7-9-17-8-3-2-4-15(17)20/h2-4,8,13-14H,5-7,9-12H2,1H3. The van der Waals surface area contributed by atoms with Crippen LogP contribution in [0.4, 0.5) is 0 Å². The summed E-state index contributed by atoms with van der Waals surface area (Å²) >= 11 is 0. The van der Waals surface area contributed by atoms with E-state index in [2.05, 4.69) is 11.8 Å². The van der Waals surface area contributed by atoms with Crippen LogP contribution in [0.1, 0.15) is 26.2 Å². The summed E-state index contributed by atoms with van der Waals surface area (Å²) in [7, 11) is 0. The van der Waals surface area contributed by atoms with Crippen LogP contribution in [0.15, 0.2) is 29.2 Å². The smallest absolute Gasteiger partial charge is 0.250 e. The first-order chi connectivity index (χ1) is 10.1. The monoisotopic (exact) mass is 289 g/mol. The number of aryl methyl sites for hydroxylation is 1. The molecule has 0 spiro atoms. The molecule has 1 aromatic rings. The minimum Gasteiger partial charge on any atom is -0.337 e. The van der Waals surface area contributed by atoms with Gasteiger partial charge in [-0.1, -0.05) is 6.07 Å². The molecule has 2 heterocycles. The number of nitrogens with zero attached hydrogens (tertiary/aromatic N) is 3. The highest BCUT2D eigenvalue weighted by Crippen LogP contribution is 2.28. The molecule has 1 aliphatic carbocycles. The van der Waals surface area contributed by atoms with Gasteiger partial charge in [-0.3, -0.25) is 14.5 Å². The third-order valence-electron chi connectivity index (χ3n) is 4.51. The zero-order chi connectivity index (χ0) is 14.8. The molecule has 0 bridgehead atoms. The van der Waals surface area contributed by atoms with Crippen LogP contribution in [0.2, 0.25) is 0 Å². The number of carbonyl (C=O) groups is 1. The maximum Gasteiger partial charge on any atom is 0.250 e. The lowest BCUT2D eigenvalue weighted by Gasteiger charge is -2.40. The van der Waals surface area contributed by atoms with Gasteiger partial charge < -0.3 is 9.47 Å². The SMILES string of the molecule is CC1CN(C2CC2)CCN1C(=O)CCn1ccccc1=O. The number of amides is 1. The summed E-state index contributed by atoms with van der Waals surface area (Å²) in [6.07, 6.45) is 4.77. The van der Waals surface area contributed by atoms with Crippen LogP contribution in [0.3, 0.4) is 0 Å². The Morgan fingerprint density at radius 3 is 2.76 bits per heavy atom. The van der Waals surface area contributed by atoms with Crippen LogP contribution in [0.25, 0.3) is 0 Å². The summed E-state index contributed by atoms with van der Waals surface area (Å²) in [5.74, 6) is 0.161. The molecule has 2 aliphatic rings. The van der Waals surface area contributed by atoms with Crippen LogP contribution in [0.5, 0.6) is 0 Å². The Morgan fingerprint density at radius 2 is 2.10 bits per heavy atom. The maximum atomic E-state index is 12.4. The first kappa shape index (κ1) is 14.3. The van der Waals surface area contributed by atoms with Gasteiger partial charge in [0.1, 0.15) is 0 Å². The van der Waals surface area contributed by atoms with E-state index < -0.39 is 0 Å². The number of aromatic nitrogens is 1. The third-order valence-corrected chi connectivity index (χ3v) is 4.51. The number of carbonyl (C=O) groups excluding carboxylic acids is 1. The van der Waals surface area contributed by atoms with Crippen molar-refractivity contribution in [1.29, 1.82) is 0 Å². The van der Waals surface area contributed by atoms with Gasteiger partial charge in [-0.25, -0.2) is 0 Å². The molecule has 1 unspecified atom stereocenters. The van der Waals surface area contributed by atoms with Crippen LogP contribution >= 0.6 is 0 Å². The molecule has 3 rings (SSSR count). The van der Waals surface area contributed by atoms with Gasteiger partial charge in [0.15, 0.2) is 0 Å². The van der Waals surface area contributed by atoms with Crippen molar-refractivity contribution < 1.29 is 4.79 Å². The number of pyridine rings is 1. The van der Waals surface area contributed by atoms with Crippen molar-refractivity contribution in [2.75, 3.05) is 19.6 Å². The zero-order valence-corrected chi connectivity index (χ0v) is 12.6. The van der Waals surface area contributed by atoms with Crippen molar-refractivity contribution in [3.8, 4) is 0 Å². The molecular weight excluding hydrogens is 266 g/mol. The average molecular weight is 289 g/mol. The first-order valence-electron chi connectivity index (χ1n) is 7.84. The molecule has 1 atom stereocenters. The van der Waals surface area contributed by atoms with Gasteiger partial charge in [-0.15, -0.1) is 0 Å². The van der Waals surface area contributed by atoms with Crippen LogP contribution in [0, 0.1) is 0 Å². The van der Waals surface area contributed by atoms with Gasteiger partial charge in [0.2, 0.25) is 5.91 Å². The second-order valence-electron chi connectivity index (χ2n) is 6.14. The summed E-state index contributed by atoms with van der Waals surface area (Å²) in [5.41, 5.74) is -0.0445. The fourth-order valence-corrected chi connectivity index (χ4v) is 3.13. The van der Waals surface area contributed by atoms with E-state index in [1.807, 2.05) is 11.0 Å². The molecule has 1 saturated heterocycles. The Morgan fingerprint density at radius 1 is 1.29 bits per heavy atom. The Hall–Kier alpha value is -1.62. The molecule has 1 aliphatic heterocycles. The van der Waals surface area contributed by atoms with Gasteiger partial charge >= 0.3 is 0 Å². The summed E-state index contributed by atoms with van der Waals surface area (Å²) in [4.78, 5) is 28.5. The Balaban J connectivity index is 1.53. The molecule has 0 N–H and O–H groups in total. The molecule has 1 aromatic heterocycles.